The van der Waals surface area contributed by atoms with E-state index in [1.807, 2.05) is 26.0 Å². The van der Waals surface area contributed by atoms with Gasteiger partial charge in [0, 0.05) is 35.5 Å². The Labute approximate surface area is 168 Å². The van der Waals surface area contributed by atoms with Gasteiger partial charge in [0.2, 0.25) is 0 Å². The van der Waals surface area contributed by atoms with E-state index in [1.54, 1.807) is 24.4 Å². The number of anilines is 1. The molecule has 1 amide bonds. The van der Waals surface area contributed by atoms with E-state index in [4.69, 9.17) is 0 Å². The molecule has 2 N–H and O–H groups in total. The average Bonchev–Trinajstić information content (AvgIpc) is 2.69. The number of nitrogens with one attached hydrogen (secondary N) is 2. The van der Waals surface area contributed by atoms with E-state index >= 15 is 0 Å². The van der Waals surface area contributed by atoms with Gasteiger partial charge in [0.05, 0.1) is 5.92 Å². The molecule has 0 fully saturated rings. The van der Waals surface area contributed by atoms with Crippen LogP contribution in [0.5, 0.6) is 0 Å². The van der Waals surface area contributed by atoms with Gasteiger partial charge in [-0.25, -0.2) is 9.37 Å². The summed E-state index contributed by atoms with van der Waals surface area (Å²) >= 11 is 0. The van der Waals surface area contributed by atoms with E-state index in [0.29, 0.717) is 29.9 Å². The minimum absolute atomic E-state index is 0.0798. The van der Waals surface area contributed by atoms with Crippen molar-refractivity contribution >= 4 is 17.5 Å². The molecular weight excluding hydrogens is 369 g/mol. The number of carbonyl (C=O) groups excluding carboxylic acids is 2. The molecule has 0 spiro atoms. The molecule has 29 heavy (non-hydrogen) atoms. The number of nitrogens with zero attached hydrogens (tertiary/aromatic N) is 1. The molecule has 6 heteroatoms. The molecule has 4 rings (SSSR count). The first-order chi connectivity index (χ1) is 14.0. The van der Waals surface area contributed by atoms with Gasteiger partial charge in [0.1, 0.15) is 17.4 Å². The summed E-state index contributed by atoms with van der Waals surface area (Å²) in [6, 6.07) is 9.70. The van der Waals surface area contributed by atoms with Crippen LogP contribution in [0.15, 0.2) is 65.6 Å². The SMILES string of the molecule is CC1=C(C(=O)Nc2ncccc2C)C(c2ccc(F)cc2)C2C(=O)CCC=C2N1. The van der Waals surface area contributed by atoms with E-state index in [1.165, 1.54) is 12.1 Å². The van der Waals surface area contributed by atoms with Crippen molar-refractivity contribution in [2.45, 2.75) is 32.6 Å². The van der Waals surface area contributed by atoms with Gasteiger partial charge in [-0.1, -0.05) is 24.3 Å². The van der Waals surface area contributed by atoms with Crippen LogP contribution in [0.25, 0.3) is 0 Å². The summed E-state index contributed by atoms with van der Waals surface area (Å²) in [5.74, 6) is -1.08. The molecule has 148 valence electrons. The molecule has 1 aliphatic carbocycles. The molecule has 5 nitrogen and oxygen atoms in total. The quantitative estimate of drug-likeness (QED) is 0.830. The summed E-state index contributed by atoms with van der Waals surface area (Å²) in [7, 11) is 0. The Hall–Kier alpha value is -3.28. The van der Waals surface area contributed by atoms with Crippen molar-refractivity contribution in [1.82, 2.24) is 10.3 Å². The first-order valence-electron chi connectivity index (χ1n) is 9.64. The molecule has 0 saturated heterocycles. The normalized spacial score (nSPS) is 21.2. The summed E-state index contributed by atoms with van der Waals surface area (Å²) in [6.07, 6.45) is 4.74. The molecular formula is C23H22FN3O2. The zero-order chi connectivity index (χ0) is 20.5. The van der Waals surface area contributed by atoms with Gasteiger partial charge in [0.15, 0.2) is 0 Å². The number of fused-ring (bicyclic) bond motifs is 1. The number of ketones is 1. The van der Waals surface area contributed by atoms with Crippen LogP contribution in [0, 0.1) is 18.7 Å². The summed E-state index contributed by atoms with van der Waals surface area (Å²) in [6.45, 7) is 3.69. The van der Waals surface area contributed by atoms with Gasteiger partial charge >= 0.3 is 0 Å². The van der Waals surface area contributed by atoms with Crippen molar-refractivity contribution in [3.63, 3.8) is 0 Å². The van der Waals surface area contributed by atoms with Crippen LogP contribution in [0.2, 0.25) is 0 Å². The fourth-order valence-electron chi connectivity index (χ4n) is 4.14. The highest BCUT2D eigenvalue weighted by Gasteiger charge is 2.42. The second-order valence-corrected chi connectivity index (χ2v) is 7.46. The number of carbonyl (C=O) groups is 2. The highest BCUT2D eigenvalue weighted by atomic mass is 19.1. The highest BCUT2D eigenvalue weighted by Crippen LogP contribution is 2.43. The molecule has 0 bridgehead atoms. The second kappa shape index (κ2) is 7.62. The first kappa shape index (κ1) is 19.1. The molecule has 2 aliphatic rings. The molecule has 1 aromatic heterocycles. The molecule has 1 aliphatic heterocycles. The topological polar surface area (TPSA) is 71.1 Å². The van der Waals surface area contributed by atoms with Gasteiger partial charge in [-0.05, 0) is 49.6 Å². The number of benzene rings is 1. The maximum atomic E-state index is 13.5. The van der Waals surface area contributed by atoms with Crippen LogP contribution in [0.3, 0.4) is 0 Å². The molecule has 0 radical (unpaired) electrons. The van der Waals surface area contributed by atoms with Crippen molar-refractivity contribution < 1.29 is 14.0 Å². The van der Waals surface area contributed by atoms with Crippen molar-refractivity contribution in [2.75, 3.05) is 5.32 Å². The minimum atomic E-state index is -0.486. The Morgan fingerprint density at radius 1 is 1.17 bits per heavy atom. The lowest BCUT2D eigenvalue weighted by Gasteiger charge is -2.38. The molecule has 2 unspecified atom stereocenters. The number of hydrogen-bond acceptors (Lipinski definition) is 4. The third-order valence-corrected chi connectivity index (χ3v) is 5.53. The summed E-state index contributed by atoms with van der Waals surface area (Å²) in [5, 5.41) is 6.13. The summed E-state index contributed by atoms with van der Waals surface area (Å²) in [5.41, 5.74) is 3.55. The maximum absolute atomic E-state index is 13.5. The summed E-state index contributed by atoms with van der Waals surface area (Å²) in [4.78, 5) is 30.4. The smallest absolute Gasteiger partial charge is 0.255 e. The van der Waals surface area contributed by atoms with E-state index in [-0.39, 0.29) is 17.5 Å². The zero-order valence-electron chi connectivity index (χ0n) is 16.3. The number of hydrogen-bond donors (Lipinski definition) is 2. The van der Waals surface area contributed by atoms with Crippen LogP contribution in [0.1, 0.15) is 36.8 Å². The predicted octanol–water partition coefficient (Wildman–Crippen LogP) is 3.99. The number of allylic oxidation sites excluding steroid dienone is 3. The molecule has 1 aromatic carbocycles. The molecule has 0 saturated carbocycles. The average molecular weight is 391 g/mol. The Balaban J connectivity index is 1.80. The molecule has 2 aromatic rings. The van der Waals surface area contributed by atoms with Crippen LogP contribution < -0.4 is 10.6 Å². The maximum Gasteiger partial charge on any atom is 0.255 e. The van der Waals surface area contributed by atoms with E-state index in [0.717, 1.165) is 16.8 Å². The Bertz CT molecular complexity index is 1040. The number of aromatic nitrogens is 1. The van der Waals surface area contributed by atoms with E-state index in [2.05, 4.69) is 15.6 Å². The van der Waals surface area contributed by atoms with Gasteiger partial charge in [-0.15, -0.1) is 0 Å². The van der Waals surface area contributed by atoms with Gasteiger partial charge in [-0.3, -0.25) is 9.59 Å². The lowest BCUT2D eigenvalue weighted by atomic mass is 9.71. The number of pyridine rings is 1. The van der Waals surface area contributed by atoms with Crippen molar-refractivity contribution in [1.29, 1.82) is 0 Å². The minimum Gasteiger partial charge on any atom is -0.362 e. The number of aryl methyl sites for hydroxylation is 1. The highest BCUT2D eigenvalue weighted by molar-refractivity contribution is 6.06. The van der Waals surface area contributed by atoms with E-state index in [9.17, 15) is 14.0 Å². The molecule has 2 heterocycles. The number of Topliss-reactive ketones (excluding diaryl/α,β-unsaturated/α-hetero) is 1. The van der Waals surface area contributed by atoms with Crippen LogP contribution in [0.4, 0.5) is 10.2 Å². The molecule has 2 atom stereocenters. The largest absolute Gasteiger partial charge is 0.362 e. The van der Waals surface area contributed by atoms with Crippen LogP contribution >= 0.6 is 0 Å². The van der Waals surface area contributed by atoms with E-state index < -0.39 is 11.8 Å². The number of amides is 1. The zero-order valence-corrected chi connectivity index (χ0v) is 16.3. The number of rotatable bonds is 3. The van der Waals surface area contributed by atoms with Crippen molar-refractivity contribution in [3.05, 3.63) is 82.6 Å². The lowest BCUT2D eigenvalue weighted by molar-refractivity contribution is -0.122. The first-order valence-corrected chi connectivity index (χ1v) is 9.64. The van der Waals surface area contributed by atoms with Crippen LogP contribution in [-0.2, 0) is 9.59 Å². The standard InChI is InChI=1S/C23H22FN3O2/c1-13-5-4-12-25-22(13)27-23(29)19-14(2)26-17-6-3-7-18(28)21(17)20(19)15-8-10-16(24)11-9-15/h4-6,8-12,20-21,26H,3,7H2,1-2H3,(H,25,27,29). The van der Waals surface area contributed by atoms with Gasteiger partial charge in [0.25, 0.3) is 5.91 Å². The Morgan fingerprint density at radius 3 is 2.66 bits per heavy atom. The fraction of sp³-hybridized carbons (Fsp3) is 0.261. The van der Waals surface area contributed by atoms with Gasteiger partial charge < -0.3 is 10.6 Å². The summed E-state index contributed by atoms with van der Waals surface area (Å²) < 4.78 is 13.5. The van der Waals surface area contributed by atoms with Gasteiger partial charge in [-0.2, -0.15) is 0 Å². The third kappa shape index (κ3) is 3.58. The van der Waals surface area contributed by atoms with Crippen molar-refractivity contribution in [3.8, 4) is 0 Å². The van der Waals surface area contributed by atoms with Crippen LogP contribution in [-0.4, -0.2) is 16.7 Å². The monoisotopic (exact) mass is 391 g/mol. The Kier molecular flexibility index (Phi) is 5.01. The van der Waals surface area contributed by atoms with Crippen molar-refractivity contribution in [2.24, 2.45) is 5.92 Å². The Morgan fingerprint density at radius 2 is 1.93 bits per heavy atom. The predicted molar refractivity (Wildman–Crippen MR) is 108 cm³/mol. The number of halogens is 1. The third-order valence-electron chi connectivity index (χ3n) is 5.53. The fourth-order valence-corrected chi connectivity index (χ4v) is 4.14. The second-order valence-electron chi connectivity index (χ2n) is 7.46. The lowest BCUT2D eigenvalue weighted by Crippen LogP contribution is -2.41.